The molecule has 0 spiro atoms. The number of aryl methyl sites for hydroxylation is 3. The van der Waals surface area contributed by atoms with Gasteiger partial charge in [0.1, 0.15) is 23.0 Å². The summed E-state index contributed by atoms with van der Waals surface area (Å²) in [5.41, 5.74) is 16.0. The summed E-state index contributed by atoms with van der Waals surface area (Å²) in [5.74, 6) is 1.62. The Morgan fingerprint density at radius 2 is 1.64 bits per heavy atom. The van der Waals surface area contributed by atoms with E-state index in [2.05, 4.69) is 14.5 Å². The van der Waals surface area contributed by atoms with Gasteiger partial charge in [0.15, 0.2) is 5.65 Å². The minimum absolute atomic E-state index is 0.362. The van der Waals surface area contributed by atoms with Crippen LogP contribution in [0.4, 0.5) is 11.6 Å². The molecule has 4 rings (SSSR count). The van der Waals surface area contributed by atoms with Gasteiger partial charge in [-0.15, -0.1) is 0 Å². The normalized spacial score (nSPS) is 11.2. The minimum Gasteiger partial charge on any atom is -0.384 e. The molecule has 28 heavy (non-hydrogen) atoms. The van der Waals surface area contributed by atoms with Crippen molar-refractivity contribution < 1.29 is 0 Å². The highest BCUT2D eigenvalue weighted by Gasteiger charge is 2.12. The molecule has 3 heterocycles. The summed E-state index contributed by atoms with van der Waals surface area (Å²) >= 11 is 12.1. The Labute approximate surface area is 172 Å². The quantitative estimate of drug-likeness (QED) is 0.513. The summed E-state index contributed by atoms with van der Waals surface area (Å²) in [6.45, 7) is 2.69. The number of nitrogens with two attached hydrogens (primary N) is 2. The number of nitrogens with zero attached hydrogens (tertiary/aromatic N) is 4. The second-order valence-corrected chi connectivity index (χ2v) is 7.37. The van der Waals surface area contributed by atoms with E-state index in [1.54, 1.807) is 12.1 Å². The average Bonchev–Trinajstić information content (AvgIpc) is 2.96. The van der Waals surface area contributed by atoms with E-state index in [1.807, 2.05) is 37.3 Å². The van der Waals surface area contributed by atoms with Gasteiger partial charge < -0.3 is 16.0 Å². The van der Waals surface area contributed by atoms with Gasteiger partial charge in [0.05, 0.1) is 15.7 Å². The van der Waals surface area contributed by atoms with Crippen molar-refractivity contribution in [2.24, 2.45) is 0 Å². The Bertz CT molecular complexity index is 1160. The maximum atomic E-state index is 6.13. The molecule has 4 N–H and O–H groups in total. The predicted molar refractivity (Wildman–Crippen MR) is 114 cm³/mol. The van der Waals surface area contributed by atoms with Crippen molar-refractivity contribution in [2.75, 3.05) is 11.5 Å². The number of nitrogen functional groups attached to an aromatic ring is 2. The maximum Gasteiger partial charge on any atom is 0.160 e. The zero-order valence-corrected chi connectivity index (χ0v) is 16.7. The van der Waals surface area contributed by atoms with Crippen LogP contribution in [0.3, 0.4) is 0 Å². The van der Waals surface area contributed by atoms with E-state index in [1.165, 1.54) is 0 Å². The zero-order valence-electron chi connectivity index (χ0n) is 15.2. The van der Waals surface area contributed by atoms with E-state index < -0.39 is 0 Å². The topological polar surface area (TPSA) is 95.6 Å². The fraction of sp³-hybridized carbons (Fsp3) is 0.150. The first kappa shape index (κ1) is 18.5. The second kappa shape index (κ2) is 7.30. The Kier molecular flexibility index (Phi) is 4.83. The third-order valence-corrected chi connectivity index (χ3v) is 5.29. The van der Waals surface area contributed by atoms with E-state index >= 15 is 0 Å². The summed E-state index contributed by atoms with van der Waals surface area (Å²) < 4.78 is 2.09. The summed E-state index contributed by atoms with van der Waals surface area (Å²) in [7, 11) is 0. The SMILES string of the molecule is Cc1nc2ccc(-c3cc(N)nc(N)c3)nc2n1CCc1ccc(Cl)c(Cl)c1. The van der Waals surface area contributed by atoms with Gasteiger partial charge in [-0.3, -0.25) is 0 Å². The molecule has 8 heteroatoms. The third-order valence-electron chi connectivity index (χ3n) is 4.55. The number of anilines is 2. The molecule has 0 unspecified atom stereocenters. The molecule has 0 aliphatic rings. The van der Waals surface area contributed by atoms with E-state index in [0.29, 0.717) is 21.7 Å². The second-order valence-electron chi connectivity index (χ2n) is 6.55. The summed E-state index contributed by atoms with van der Waals surface area (Å²) in [5, 5.41) is 1.11. The summed E-state index contributed by atoms with van der Waals surface area (Å²) in [6.07, 6.45) is 0.782. The Morgan fingerprint density at radius 3 is 2.36 bits per heavy atom. The molecule has 0 saturated carbocycles. The average molecular weight is 413 g/mol. The van der Waals surface area contributed by atoms with Crippen LogP contribution in [-0.4, -0.2) is 19.5 Å². The minimum atomic E-state index is 0.362. The van der Waals surface area contributed by atoms with Gasteiger partial charge in [0.25, 0.3) is 0 Å². The van der Waals surface area contributed by atoms with Crippen LogP contribution in [0.15, 0.2) is 42.5 Å². The van der Waals surface area contributed by atoms with E-state index in [-0.39, 0.29) is 0 Å². The largest absolute Gasteiger partial charge is 0.384 e. The number of halogens is 2. The fourth-order valence-corrected chi connectivity index (χ4v) is 3.52. The highest BCUT2D eigenvalue weighted by molar-refractivity contribution is 6.42. The smallest absolute Gasteiger partial charge is 0.160 e. The molecule has 3 aromatic heterocycles. The standard InChI is InChI=1S/C20H18Cl2N6/c1-11-25-17-5-4-16(13-9-18(23)27-19(24)10-13)26-20(17)28(11)7-6-12-2-3-14(21)15(22)8-12/h2-5,8-10H,6-7H2,1H3,(H4,23,24,27). The number of hydrogen-bond donors (Lipinski definition) is 2. The molecule has 0 bridgehead atoms. The molecule has 0 radical (unpaired) electrons. The van der Waals surface area contributed by atoms with Crippen molar-refractivity contribution in [3.05, 3.63) is 63.9 Å². The van der Waals surface area contributed by atoms with Gasteiger partial charge in [-0.2, -0.15) is 0 Å². The molecule has 6 nitrogen and oxygen atoms in total. The first-order valence-electron chi connectivity index (χ1n) is 8.72. The molecule has 0 amide bonds. The number of benzene rings is 1. The Hall–Kier alpha value is -2.83. The van der Waals surface area contributed by atoms with Gasteiger partial charge in [-0.25, -0.2) is 15.0 Å². The molecular formula is C20H18Cl2N6. The predicted octanol–water partition coefficient (Wildman–Crippen LogP) is 4.52. The highest BCUT2D eigenvalue weighted by atomic mass is 35.5. The molecule has 0 fully saturated rings. The molecule has 4 aromatic rings. The molecule has 142 valence electrons. The first-order chi connectivity index (χ1) is 13.4. The zero-order chi connectivity index (χ0) is 19.8. The number of hydrogen-bond acceptors (Lipinski definition) is 5. The van der Waals surface area contributed by atoms with Gasteiger partial charge in [-0.05, 0) is 55.3 Å². The molecule has 0 saturated heterocycles. The van der Waals surface area contributed by atoms with Gasteiger partial charge in [0, 0.05) is 12.1 Å². The van der Waals surface area contributed by atoms with Crippen LogP contribution in [0.2, 0.25) is 10.0 Å². The molecular weight excluding hydrogens is 395 g/mol. The number of imidazole rings is 1. The van der Waals surface area contributed by atoms with Crippen molar-refractivity contribution >= 4 is 46.0 Å². The van der Waals surface area contributed by atoms with E-state index in [0.717, 1.165) is 46.8 Å². The molecule has 1 aromatic carbocycles. The van der Waals surface area contributed by atoms with Crippen molar-refractivity contribution in [2.45, 2.75) is 19.9 Å². The number of fused-ring (bicyclic) bond motifs is 1. The van der Waals surface area contributed by atoms with Crippen molar-refractivity contribution in [3.8, 4) is 11.3 Å². The first-order valence-corrected chi connectivity index (χ1v) is 9.47. The number of aromatic nitrogens is 4. The number of pyridine rings is 2. The van der Waals surface area contributed by atoms with Crippen LogP contribution in [-0.2, 0) is 13.0 Å². The van der Waals surface area contributed by atoms with Crippen molar-refractivity contribution in [3.63, 3.8) is 0 Å². The van der Waals surface area contributed by atoms with Crippen LogP contribution in [0.5, 0.6) is 0 Å². The fourth-order valence-electron chi connectivity index (χ4n) is 3.20. The lowest BCUT2D eigenvalue weighted by Crippen LogP contribution is -2.05. The number of rotatable bonds is 4. The highest BCUT2D eigenvalue weighted by Crippen LogP contribution is 2.26. The van der Waals surface area contributed by atoms with Crippen LogP contribution >= 0.6 is 23.2 Å². The lowest BCUT2D eigenvalue weighted by molar-refractivity contribution is 0.687. The summed E-state index contributed by atoms with van der Waals surface area (Å²) in [6, 6.07) is 13.1. The summed E-state index contributed by atoms with van der Waals surface area (Å²) in [4.78, 5) is 13.4. The van der Waals surface area contributed by atoms with Gasteiger partial charge >= 0.3 is 0 Å². The van der Waals surface area contributed by atoms with Crippen LogP contribution in [0.25, 0.3) is 22.4 Å². The van der Waals surface area contributed by atoms with Crippen LogP contribution in [0.1, 0.15) is 11.4 Å². The monoisotopic (exact) mass is 412 g/mol. The molecule has 0 atom stereocenters. The van der Waals surface area contributed by atoms with Gasteiger partial charge in [-0.1, -0.05) is 29.3 Å². The van der Waals surface area contributed by atoms with Crippen LogP contribution < -0.4 is 11.5 Å². The Balaban J connectivity index is 1.69. The van der Waals surface area contributed by atoms with E-state index in [4.69, 9.17) is 39.7 Å². The van der Waals surface area contributed by atoms with Crippen molar-refractivity contribution in [1.82, 2.24) is 19.5 Å². The van der Waals surface area contributed by atoms with E-state index in [9.17, 15) is 0 Å². The molecule has 0 aliphatic heterocycles. The maximum absolute atomic E-state index is 6.13. The Morgan fingerprint density at radius 1 is 0.893 bits per heavy atom. The van der Waals surface area contributed by atoms with Crippen LogP contribution in [0, 0.1) is 6.92 Å². The van der Waals surface area contributed by atoms with Crippen molar-refractivity contribution in [1.29, 1.82) is 0 Å². The lowest BCUT2D eigenvalue weighted by Gasteiger charge is -2.09. The lowest BCUT2D eigenvalue weighted by atomic mass is 10.1. The molecule has 0 aliphatic carbocycles. The van der Waals surface area contributed by atoms with Gasteiger partial charge in [0.2, 0.25) is 0 Å². The third kappa shape index (κ3) is 3.61.